The summed E-state index contributed by atoms with van der Waals surface area (Å²) >= 11 is 0. The van der Waals surface area contributed by atoms with Crippen LogP contribution in [0.15, 0.2) is 59.4 Å². The van der Waals surface area contributed by atoms with E-state index in [2.05, 4.69) is 31.2 Å². The number of nitrogens with one attached hydrogen (secondary N) is 1. The highest BCUT2D eigenvalue weighted by atomic mass is 16.2. The van der Waals surface area contributed by atoms with Crippen LogP contribution < -0.4 is 10.9 Å². The number of nitrogens with zero attached hydrogens (tertiary/aromatic N) is 4. The normalized spacial score (nSPS) is 11.6. The van der Waals surface area contributed by atoms with E-state index in [1.807, 2.05) is 37.3 Å². The van der Waals surface area contributed by atoms with Crippen molar-refractivity contribution in [2.45, 2.75) is 33.1 Å². The largest absolute Gasteiger partial charge is 0.305 e. The summed E-state index contributed by atoms with van der Waals surface area (Å²) in [4.78, 5) is 25.7. The first-order chi connectivity index (χ1) is 14.6. The maximum atomic E-state index is 13.3. The van der Waals surface area contributed by atoms with Gasteiger partial charge in [0.15, 0.2) is 5.69 Å². The second-order valence-corrected chi connectivity index (χ2v) is 8.69. The van der Waals surface area contributed by atoms with E-state index in [0.29, 0.717) is 16.6 Å². The van der Waals surface area contributed by atoms with E-state index in [0.717, 1.165) is 16.9 Å². The highest BCUT2D eigenvalue weighted by molar-refractivity contribution is 6.10. The van der Waals surface area contributed by atoms with Gasteiger partial charge in [-0.1, -0.05) is 51.1 Å². The molecule has 0 bridgehead atoms. The van der Waals surface area contributed by atoms with Crippen LogP contribution in [0.5, 0.6) is 0 Å². The molecule has 1 amide bonds. The Morgan fingerprint density at radius 2 is 1.68 bits per heavy atom. The molecule has 0 spiro atoms. The van der Waals surface area contributed by atoms with Crippen LogP contribution >= 0.6 is 0 Å². The first-order valence-corrected chi connectivity index (χ1v) is 10.1. The molecule has 0 aliphatic heterocycles. The third-order valence-corrected chi connectivity index (χ3v) is 5.14. The topological polar surface area (TPSA) is 81.8 Å². The number of fused-ring (bicyclic) bond motifs is 1. The summed E-state index contributed by atoms with van der Waals surface area (Å²) in [6, 6.07) is 16.8. The number of hydrogen-bond acceptors (Lipinski definition) is 4. The molecular weight excluding hydrogens is 390 g/mol. The van der Waals surface area contributed by atoms with Crippen LogP contribution in [0, 0.1) is 6.92 Å². The van der Waals surface area contributed by atoms with Crippen LogP contribution in [0.2, 0.25) is 0 Å². The van der Waals surface area contributed by atoms with Crippen molar-refractivity contribution in [3.05, 3.63) is 81.9 Å². The summed E-state index contributed by atoms with van der Waals surface area (Å²) in [5.74, 6) is 0.140. The number of rotatable bonds is 3. The molecular formula is C24H25N5O2. The lowest BCUT2D eigenvalue weighted by atomic mass is 9.92. The number of hydrogen-bond donors (Lipinski definition) is 1. The Hall–Kier alpha value is -3.74. The smallest absolute Gasteiger partial charge is 0.277 e. The summed E-state index contributed by atoms with van der Waals surface area (Å²) in [5, 5.41) is 12.9. The Morgan fingerprint density at radius 1 is 0.968 bits per heavy atom. The van der Waals surface area contributed by atoms with Crippen molar-refractivity contribution in [2.24, 2.45) is 7.05 Å². The Balaban J connectivity index is 1.82. The van der Waals surface area contributed by atoms with Crippen molar-refractivity contribution < 1.29 is 4.79 Å². The molecule has 7 nitrogen and oxygen atoms in total. The fourth-order valence-electron chi connectivity index (χ4n) is 3.44. The molecule has 1 N–H and O–H groups in total. The van der Waals surface area contributed by atoms with E-state index >= 15 is 0 Å². The minimum absolute atomic E-state index is 0.187. The van der Waals surface area contributed by atoms with Gasteiger partial charge in [-0.15, -0.1) is 0 Å². The summed E-state index contributed by atoms with van der Waals surface area (Å²) in [7, 11) is 1.54. The average molecular weight is 415 g/mol. The van der Waals surface area contributed by atoms with E-state index in [4.69, 9.17) is 5.10 Å². The minimum atomic E-state index is -0.402. The maximum absolute atomic E-state index is 13.3. The fraction of sp³-hybridized carbons (Fsp3) is 0.250. The average Bonchev–Trinajstić information content (AvgIpc) is 3.15. The number of carbonyl (C=O) groups is 1. The van der Waals surface area contributed by atoms with E-state index in [1.165, 1.54) is 4.68 Å². The van der Waals surface area contributed by atoms with Crippen LogP contribution in [-0.2, 0) is 12.5 Å². The first kappa shape index (κ1) is 20.5. The van der Waals surface area contributed by atoms with Gasteiger partial charge in [0, 0.05) is 23.9 Å². The standard InChI is InChI=1S/C24H25N5O2/c1-15-9-8-10-16(13-15)29-20(14-19(26-29)24(2,3)4)25-22(30)21-17-11-6-7-12-18(17)23(31)28(5)27-21/h6-14H,1-5H3,(H,25,30). The third kappa shape index (κ3) is 3.86. The zero-order valence-corrected chi connectivity index (χ0v) is 18.3. The van der Waals surface area contributed by atoms with Crippen molar-refractivity contribution in [2.75, 3.05) is 5.32 Å². The van der Waals surface area contributed by atoms with E-state index < -0.39 is 5.91 Å². The minimum Gasteiger partial charge on any atom is -0.305 e. The molecule has 0 unspecified atom stereocenters. The summed E-state index contributed by atoms with van der Waals surface area (Å²) in [6.45, 7) is 8.23. The summed E-state index contributed by atoms with van der Waals surface area (Å²) in [5.41, 5.74) is 2.54. The van der Waals surface area contributed by atoms with Gasteiger partial charge < -0.3 is 5.32 Å². The molecule has 0 fully saturated rings. The monoisotopic (exact) mass is 415 g/mol. The molecule has 0 saturated heterocycles. The van der Waals surface area contributed by atoms with Crippen LogP contribution in [0.3, 0.4) is 0 Å². The molecule has 2 heterocycles. The second kappa shape index (κ2) is 7.50. The Kier molecular flexibility index (Phi) is 4.97. The molecule has 4 aromatic rings. The van der Waals surface area contributed by atoms with Gasteiger partial charge in [-0.2, -0.15) is 10.2 Å². The van der Waals surface area contributed by atoms with Gasteiger partial charge in [-0.05, 0) is 30.7 Å². The van der Waals surface area contributed by atoms with Gasteiger partial charge in [0.05, 0.1) is 16.8 Å². The van der Waals surface area contributed by atoms with Crippen LogP contribution in [0.25, 0.3) is 16.5 Å². The molecule has 0 atom stereocenters. The van der Waals surface area contributed by atoms with Crippen molar-refractivity contribution >= 4 is 22.5 Å². The van der Waals surface area contributed by atoms with Crippen LogP contribution in [0.4, 0.5) is 5.82 Å². The molecule has 2 aromatic carbocycles. The molecule has 0 saturated carbocycles. The zero-order chi connectivity index (χ0) is 22.3. The molecule has 7 heteroatoms. The van der Waals surface area contributed by atoms with Gasteiger partial charge in [0.2, 0.25) is 0 Å². The predicted molar refractivity (Wildman–Crippen MR) is 122 cm³/mol. The van der Waals surface area contributed by atoms with E-state index in [-0.39, 0.29) is 16.7 Å². The molecule has 158 valence electrons. The SMILES string of the molecule is Cc1cccc(-n2nc(C(C)(C)C)cc2NC(=O)c2nn(C)c(=O)c3ccccc23)c1. The maximum Gasteiger partial charge on any atom is 0.277 e. The van der Waals surface area contributed by atoms with Gasteiger partial charge in [-0.25, -0.2) is 9.36 Å². The second-order valence-electron chi connectivity index (χ2n) is 8.69. The molecule has 0 aliphatic rings. The molecule has 4 rings (SSSR count). The quantitative estimate of drug-likeness (QED) is 0.549. The molecule has 0 aliphatic carbocycles. The predicted octanol–water partition coefficient (Wildman–Crippen LogP) is 3.98. The number of benzene rings is 2. The van der Waals surface area contributed by atoms with Crippen molar-refractivity contribution in [3.63, 3.8) is 0 Å². The van der Waals surface area contributed by atoms with Gasteiger partial charge in [0.1, 0.15) is 5.82 Å². The molecule has 2 aromatic heterocycles. The lowest BCUT2D eigenvalue weighted by Crippen LogP contribution is -2.25. The number of carbonyl (C=O) groups excluding carboxylic acids is 1. The summed E-state index contributed by atoms with van der Waals surface area (Å²) < 4.78 is 2.92. The molecule has 31 heavy (non-hydrogen) atoms. The number of amides is 1. The zero-order valence-electron chi connectivity index (χ0n) is 18.3. The number of anilines is 1. The van der Waals surface area contributed by atoms with E-state index in [1.54, 1.807) is 36.0 Å². The number of aryl methyl sites for hydroxylation is 2. The number of aromatic nitrogens is 4. The first-order valence-electron chi connectivity index (χ1n) is 10.1. The fourth-order valence-corrected chi connectivity index (χ4v) is 3.44. The van der Waals surface area contributed by atoms with E-state index in [9.17, 15) is 9.59 Å². The Bertz CT molecular complexity index is 1360. The van der Waals surface area contributed by atoms with Gasteiger partial charge in [0.25, 0.3) is 11.5 Å². The Morgan fingerprint density at radius 3 is 2.35 bits per heavy atom. The summed E-state index contributed by atoms with van der Waals surface area (Å²) in [6.07, 6.45) is 0. The third-order valence-electron chi connectivity index (χ3n) is 5.14. The van der Waals surface area contributed by atoms with Crippen LogP contribution in [0.1, 0.15) is 42.5 Å². The van der Waals surface area contributed by atoms with Gasteiger partial charge in [-0.3, -0.25) is 9.59 Å². The highest BCUT2D eigenvalue weighted by Gasteiger charge is 2.23. The lowest BCUT2D eigenvalue weighted by Gasteiger charge is -2.14. The van der Waals surface area contributed by atoms with Crippen molar-refractivity contribution in [1.29, 1.82) is 0 Å². The van der Waals surface area contributed by atoms with Crippen molar-refractivity contribution in [1.82, 2.24) is 19.6 Å². The highest BCUT2D eigenvalue weighted by Crippen LogP contribution is 2.27. The Labute approximate surface area is 180 Å². The lowest BCUT2D eigenvalue weighted by molar-refractivity contribution is 0.102. The molecule has 0 radical (unpaired) electrons. The van der Waals surface area contributed by atoms with Gasteiger partial charge >= 0.3 is 0 Å². The van der Waals surface area contributed by atoms with Crippen LogP contribution in [-0.4, -0.2) is 25.5 Å². The van der Waals surface area contributed by atoms with Crippen molar-refractivity contribution in [3.8, 4) is 5.69 Å².